The van der Waals surface area contributed by atoms with Crippen molar-refractivity contribution in [1.82, 2.24) is 0 Å². The molecule has 0 N–H and O–H groups in total. The molecule has 0 aliphatic rings. The summed E-state index contributed by atoms with van der Waals surface area (Å²) in [6.45, 7) is 7.32. The minimum absolute atomic E-state index is 0.130. The molecule has 0 aromatic carbocycles. The molecule has 3 heteroatoms. The molecule has 0 rings (SSSR count). The Labute approximate surface area is 75.7 Å². The van der Waals surface area contributed by atoms with Gasteiger partial charge >= 0.3 is 5.97 Å². The van der Waals surface area contributed by atoms with Crippen molar-refractivity contribution in [2.24, 2.45) is 5.41 Å². The fourth-order valence-electron chi connectivity index (χ4n) is 0.494. The Hall–Kier alpha value is -0.310. The largest absolute Gasteiger partial charge is 0.430 e. The third kappa shape index (κ3) is 4.19. The first-order valence-electron chi connectivity index (χ1n) is 3.37. The second kappa shape index (κ2) is 3.90. The first-order chi connectivity index (χ1) is 4.88. The summed E-state index contributed by atoms with van der Waals surface area (Å²) in [7, 11) is 0. The Morgan fingerprint density at radius 3 is 2.00 bits per heavy atom. The third-order valence-electron chi connectivity index (χ3n) is 1.09. The van der Waals surface area contributed by atoms with E-state index in [1.54, 1.807) is 4.99 Å². The summed E-state index contributed by atoms with van der Waals surface area (Å²) < 4.78 is 4.94. The molecule has 0 bridgehead atoms. The van der Waals surface area contributed by atoms with Gasteiger partial charge in [0.25, 0.3) is 0 Å². The molecule has 0 saturated heterocycles. The lowest BCUT2D eigenvalue weighted by atomic mass is 9.95. The van der Waals surface area contributed by atoms with Gasteiger partial charge in [-0.2, -0.15) is 0 Å². The molecule has 0 radical (unpaired) electrons. The standard InChI is InChI=1S/C8H13BrO2/c1-6(10)11-7(5-9)8(2,3)4/h5H,1-4H3/b7-5-. The first-order valence-corrected chi connectivity index (χ1v) is 4.28. The molecule has 0 aliphatic carbocycles. The lowest BCUT2D eigenvalue weighted by Gasteiger charge is -2.20. The highest BCUT2D eigenvalue weighted by Gasteiger charge is 2.19. The molecule has 0 unspecified atom stereocenters. The Morgan fingerprint density at radius 2 is 1.91 bits per heavy atom. The van der Waals surface area contributed by atoms with Crippen molar-refractivity contribution >= 4 is 21.9 Å². The SMILES string of the molecule is CC(=O)O/C(=C\Br)C(C)(C)C. The number of carbonyl (C=O) groups is 1. The lowest BCUT2D eigenvalue weighted by Crippen LogP contribution is -2.14. The monoisotopic (exact) mass is 220 g/mol. The lowest BCUT2D eigenvalue weighted by molar-refractivity contribution is -0.138. The van der Waals surface area contributed by atoms with Gasteiger partial charge < -0.3 is 4.74 Å². The maximum absolute atomic E-state index is 10.6. The summed E-state index contributed by atoms with van der Waals surface area (Å²) >= 11 is 3.14. The molecule has 11 heavy (non-hydrogen) atoms. The Kier molecular flexibility index (Phi) is 3.79. The molecule has 0 atom stereocenters. The summed E-state index contributed by atoms with van der Waals surface area (Å²) in [5.74, 6) is 0.357. The second-order valence-electron chi connectivity index (χ2n) is 3.32. The first kappa shape index (κ1) is 10.7. The summed E-state index contributed by atoms with van der Waals surface area (Å²) in [6, 6.07) is 0. The van der Waals surface area contributed by atoms with Crippen LogP contribution < -0.4 is 0 Å². The minimum Gasteiger partial charge on any atom is -0.430 e. The zero-order chi connectivity index (χ0) is 9.07. The molecule has 0 aliphatic heterocycles. The van der Waals surface area contributed by atoms with E-state index in [4.69, 9.17) is 4.74 Å². The van der Waals surface area contributed by atoms with Gasteiger partial charge in [-0.05, 0) is 0 Å². The van der Waals surface area contributed by atoms with Crippen molar-refractivity contribution in [3.05, 3.63) is 10.7 Å². The number of rotatable bonds is 1. The van der Waals surface area contributed by atoms with E-state index in [9.17, 15) is 4.79 Å². The van der Waals surface area contributed by atoms with Crippen LogP contribution in [0.2, 0.25) is 0 Å². The smallest absolute Gasteiger partial charge is 0.307 e. The maximum Gasteiger partial charge on any atom is 0.307 e. The second-order valence-corrected chi connectivity index (χ2v) is 3.77. The quantitative estimate of drug-likeness (QED) is 0.502. The van der Waals surface area contributed by atoms with E-state index in [0.717, 1.165) is 0 Å². The molecular formula is C8H13BrO2. The average molecular weight is 221 g/mol. The van der Waals surface area contributed by atoms with Crippen LogP contribution in [0.15, 0.2) is 10.7 Å². The van der Waals surface area contributed by atoms with E-state index in [1.165, 1.54) is 6.92 Å². The zero-order valence-electron chi connectivity index (χ0n) is 7.27. The average Bonchev–Trinajstić information content (AvgIpc) is 1.79. The summed E-state index contributed by atoms with van der Waals surface area (Å²) in [4.78, 5) is 12.2. The van der Waals surface area contributed by atoms with Crippen LogP contribution in [-0.2, 0) is 9.53 Å². The van der Waals surface area contributed by atoms with Gasteiger partial charge in [-0.1, -0.05) is 36.7 Å². The molecule has 2 nitrogen and oxygen atoms in total. The van der Waals surface area contributed by atoms with Crippen LogP contribution in [-0.4, -0.2) is 5.97 Å². The van der Waals surface area contributed by atoms with E-state index < -0.39 is 0 Å². The van der Waals surface area contributed by atoms with Gasteiger partial charge in [-0.3, -0.25) is 4.79 Å². The number of ether oxygens (including phenoxy) is 1. The number of hydrogen-bond acceptors (Lipinski definition) is 2. The zero-order valence-corrected chi connectivity index (χ0v) is 8.86. The topological polar surface area (TPSA) is 26.3 Å². The van der Waals surface area contributed by atoms with Crippen LogP contribution in [0.1, 0.15) is 27.7 Å². The van der Waals surface area contributed by atoms with Crippen LogP contribution in [0.5, 0.6) is 0 Å². The highest BCUT2D eigenvalue weighted by atomic mass is 79.9. The molecule has 0 saturated carbocycles. The maximum atomic E-state index is 10.6. The number of allylic oxidation sites excluding steroid dienone is 1. The van der Waals surface area contributed by atoms with Crippen molar-refractivity contribution in [1.29, 1.82) is 0 Å². The van der Waals surface area contributed by atoms with Crippen LogP contribution in [0.3, 0.4) is 0 Å². The molecule has 0 aromatic rings. The number of halogens is 1. The third-order valence-corrected chi connectivity index (χ3v) is 1.51. The molecule has 64 valence electrons. The predicted molar refractivity (Wildman–Crippen MR) is 48.2 cm³/mol. The van der Waals surface area contributed by atoms with Gasteiger partial charge in [0.05, 0.1) is 0 Å². The van der Waals surface area contributed by atoms with E-state index >= 15 is 0 Å². The van der Waals surface area contributed by atoms with Gasteiger partial charge in [-0.15, -0.1) is 0 Å². The van der Waals surface area contributed by atoms with Crippen molar-refractivity contribution in [3.63, 3.8) is 0 Å². The summed E-state index contributed by atoms with van der Waals surface area (Å²) in [6.07, 6.45) is 0. The molecular weight excluding hydrogens is 208 g/mol. The van der Waals surface area contributed by atoms with Gasteiger partial charge in [0.15, 0.2) is 0 Å². The van der Waals surface area contributed by atoms with E-state index in [0.29, 0.717) is 5.76 Å². The Bertz CT molecular complexity index is 177. The fourth-order valence-corrected chi connectivity index (χ4v) is 1.27. The summed E-state index contributed by atoms with van der Waals surface area (Å²) in [5.41, 5.74) is -0.130. The van der Waals surface area contributed by atoms with Gasteiger partial charge in [0, 0.05) is 17.3 Å². The number of hydrogen-bond donors (Lipinski definition) is 0. The van der Waals surface area contributed by atoms with Crippen molar-refractivity contribution in [3.8, 4) is 0 Å². The molecule has 0 fully saturated rings. The van der Waals surface area contributed by atoms with Crippen LogP contribution in [0.4, 0.5) is 0 Å². The Balaban J connectivity index is 4.33. The van der Waals surface area contributed by atoms with E-state index in [-0.39, 0.29) is 11.4 Å². The van der Waals surface area contributed by atoms with Crippen molar-refractivity contribution < 1.29 is 9.53 Å². The van der Waals surface area contributed by atoms with Crippen LogP contribution in [0, 0.1) is 5.41 Å². The van der Waals surface area contributed by atoms with Gasteiger partial charge in [0.1, 0.15) is 5.76 Å². The predicted octanol–water partition coefficient (Wildman–Crippen LogP) is 2.83. The van der Waals surface area contributed by atoms with Gasteiger partial charge in [-0.25, -0.2) is 0 Å². The summed E-state index contributed by atoms with van der Waals surface area (Å²) in [5, 5.41) is 0. The van der Waals surface area contributed by atoms with Crippen molar-refractivity contribution in [2.45, 2.75) is 27.7 Å². The highest BCUT2D eigenvalue weighted by Crippen LogP contribution is 2.26. The van der Waals surface area contributed by atoms with Crippen LogP contribution in [0.25, 0.3) is 0 Å². The number of carbonyl (C=O) groups excluding carboxylic acids is 1. The normalized spacial score (nSPS) is 13.0. The minimum atomic E-state index is -0.286. The fraction of sp³-hybridized carbons (Fsp3) is 0.625. The highest BCUT2D eigenvalue weighted by molar-refractivity contribution is 9.11. The molecule has 0 amide bonds. The van der Waals surface area contributed by atoms with E-state index in [2.05, 4.69) is 15.9 Å². The Morgan fingerprint density at radius 1 is 1.45 bits per heavy atom. The van der Waals surface area contributed by atoms with Crippen molar-refractivity contribution in [2.75, 3.05) is 0 Å². The molecule has 0 heterocycles. The van der Waals surface area contributed by atoms with E-state index in [1.807, 2.05) is 20.8 Å². The number of esters is 1. The molecule has 0 aromatic heterocycles. The van der Waals surface area contributed by atoms with Crippen LogP contribution >= 0.6 is 15.9 Å². The molecule has 0 spiro atoms. The van der Waals surface area contributed by atoms with Gasteiger partial charge in [0.2, 0.25) is 0 Å².